The van der Waals surface area contributed by atoms with Crippen molar-refractivity contribution in [3.8, 4) is 28.5 Å². The van der Waals surface area contributed by atoms with E-state index in [9.17, 15) is 9.90 Å². The fraction of sp³-hybridized carbons (Fsp3) is 0.280. The van der Waals surface area contributed by atoms with Gasteiger partial charge in [0, 0.05) is 17.5 Å². The number of carboxylic acid groups (broad SMARTS) is 1. The summed E-state index contributed by atoms with van der Waals surface area (Å²) in [7, 11) is 0. The third-order valence-corrected chi connectivity index (χ3v) is 6.03. The lowest BCUT2D eigenvalue weighted by molar-refractivity contribution is -0.137. The number of tetrazole rings is 1. The van der Waals surface area contributed by atoms with Gasteiger partial charge in [0.05, 0.1) is 16.7 Å². The molecule has 0 aliphatic rings. The van der Waals surface area contributed by atoms with E-state index in [1.54, 1.807) is 10.9 Å². The first-order chi connectivity index (χ1) is 17.2. The minimum atomic E-state index is -0.933. The van der Waals surface area contributed by atoms with Crippen molar-refractivity contribution < 1.29 is 9.90 Å². The number of rotatable bonds is 10. The molecule has 0 saturated carbocycles. The van der Waals surface area contributed by atoms with Gasteiger partial charge in [0.25, 0.3) is 0 Å². The number of aryl methyl sites for hydroxylation is 1. The summed E-state index contributed by atoms with van der Waals surface area (Å²) in [5.74, 6) is 0.850. The highest BCUT2D eigenvalue weighted by molar-refractivity contribution is 5.85. The minimum absolute atomic E-state index is 0.210. The van der Waals surface area contributed by atoms with Crippen LogP contribution in [0.25, 0.3) is 39.5 Å². The zero-order chi connectivity index (χ0) is 24.2. The Bertz CT molecular complexity index is 1450. The first kappa shape index (κ1) is 22.5. The van der Waals surface area contributed by atoms with Crippen LogP contribution in [0.5, 0.6) is 0 Å². The number of para-hydroxylation sites is 2. The molecule has 0 bridgehead atoms. The molecular weight excluding hydrogens is 444 g/mol. The molecule has 5 rings (SSSR count). The summed E-state index contributed by atoms with van der Waals surface area (Å²) in [6, 6.07) is 15.5. The van der Waals surface area contributed by atoms with Crippen LogP contribution in [-0.4, -0.2) is 50.8 Å². The van der Waals surface area contributed by atoms with E-state index in [4.69, 9.17) is 4.98 Å². The van der Waals surface area contributed by atoms with E-state index in [1.165, 1.54) is 0 Å². The molecule has 5 aromatic rings. The Hall–Kier alpha value is -4.34. The summed E-state index contributed by atoms with van der Waals surface area (Å²) >= 11 is 0. The van der Waals surface area contributed by atoms with Crippen LogP contribution in [0.3, 0.4) is 0 Å². The zero-order valence-corrected chi connectivity index (χ0v) is 19.4. The number of unbranched alkanes of at least 4 members (excludes halogenated alkanes) is 3. The SMILES string of the molecule is CCCCCCc1nc(-n2cnc3ccccc32)c(-c2ccccc2-c2nn[nH]n2)n1CC(=O)O. The van der Waals surface area contributed by atoms with E-state index in [0.717, 1.165) is 53.7 Å². The summed E-state index contributed by atoms with van der Waals surface area (Å²) in [6.45, 7) is 1.96. The molecule has 3 heterocycles. The van der Waals surface area contributed by atoms with E-state index in [1.807, 2.05) is 53.1 Å². The second kappa shape index (κ2) is 9.88. The van der Waals surface area contributed by atoms with Gasteiger partial charge in [-0.25, -0.2) is 9.97 Å². The molecule has 0 aliphatic heterocycles. The molecule has 0 spiro atoms. The number of nitrogens with zero attached hydrogens (tertiary/aromatic N) is 7. The van der Waals surface area contributed by atoms with Gasteiger partial charge in [-0.1, -0.05) is 62.6 Å². The highest BCUT2D eigenvalue weighted by Crippen LogP contribution is 2.36. The summed E-state index contributed by atoms with van der Waals surface area (Å²) in [5, 5.41) is 24.4. The van der Waals surface area contributed by atoms with Crippen molar-refractivity contribution >= 4 is 17.0 Å². The number of imidazole rings is 2. The molecule has 0 unspecified atom stereocenters. The molecule has 0 saturated heterocycles. The number of hydrogen-bond donors (Lipinski definition) is 2. The van der Waals surface area contributed by atoms with Crippen molar-refractivity contribution in [2.24, 2.45) is 0 Å². The maximum atomic E-state index is 12.0. The van der Waals surface area contributed by atoms with Gasteiger partial charge < -0.3 is 9.67 Å². The number of carboxylic acids is 1. The van der Waals surface area contributed by atoms with Crippen molar-refractivity contribution in [2.75, 3.05) is 0 Å². The topological polar surface area (TPSA) is 127 Å². The predicted molar refractivity (Wildman–Crippen MR) is 131 cm³/mol. The maximum Gasteiger partial charge on any atom is 0.323 e. The van der Waals surface area contributed by atoms with Crippen LogP contribution in [-0.2, 0) is 17.8 Å². The molecular formula is C25H26N8O2. The summed E-state index contributed by atoms with van der Waals surface area (Å²) in [6.07, 6.45) is 6.66. The molecule has 35 heavy (non-hydrogen) atoms. The van der Waals surface area contributed by atoms with Gasteiger partial charge in [-0.2, -0.15) is 5.21 Å². The third-order valence-electron chi connectivity index (χ3n) is 6.03. The van der Waals surface area contributed by atoms with Crippen LogP contribution in [0.1, 0.15) is 38.4 Å². The Morgan fingerprint density at radius 1 is 1.03 bits per heavy atom. The molecule has 10 heteroatoms. The summed E-state index contributed by atoms with van der Waals surface area (Å²) in [4.78, 5) is 21.6. The Morgan fingerprint density at radius 2 is 1.83 bits per heavy atom. The quantitative estimate of drug-likeness (QED) is 0.292. The third kappa shape index (κ3) is 4.42. The van der Waals surface area contributed by atoms with E-state index in [2.05, 4.69) is 32.5 Å². The van der Waals surface area contributed by atoms with E-state index in [0.29, 0.717) is 23.8 Å². The predicted octanol–water partition coefficient (Wildman–Crippen LogP) is 4.28. The fourth-order valence-electron chi connectivity index (χ4n) is 4.41. The zero-order valence-electron chi connectivity index (χ0n) is 19.4. The molecule has 10 nitrogen and oxygen atoms in total. The lowest BCUT2D eigenvalue weighted by Gasteiger charge is -2.14. The van der Waals surface area contributed by atoms with Crippen LogP contribution in [0.2, 0.25) is 0 Å². The lowest BCUT2D eigenvalue weighted by atomic mass is 10.0. The van der Waals surface area contributed by atoms with E-state index in [-0.39, 0.29) is 6.54 Å². The highest BCUT2D eigenvalue weighted by Gasteiger charge is 2.25. The Balaban J connectivity index is 1.76. The first-order valence-corrected chi connectivity index (χ1v) is 11.7. The maximum absolute atomic E-state index is 12.0. The van der Waals surface area contributed by atoms with Gasteiger partial charge in [-0.3, -0.25) is 9.36 Å². The Morgan fingerprint density at radius 3 is 2.60 bits per heavy atom. The van der Waals surface area contributed by atoms with Gasteiger partial charge in [0.1, 0.15) is 18.7 Å². The summed E-state index contributed by atoms with van der Waals surface area (Å²) in [5.41, 5.74) is 3.91. The molecule has 0 atom stereocenters. The number of nitrogens with one attached hydrogen (secondary N) is 1. The number of carbonyl (C=O) groups is 1. The standard InChI is InChI=1S/C25H26N8O2/c1-2-3-4-5-14-21-27-25(33-16-26-19-12-8-9-13-20(19)33)23(32(21)15-22(34)35)17-10-6-7-11-18(17)24-28-30-31-29-24/h6-13,16H,2-5,14-15H2,1H3,(H,34,35)(H,28,29,30,31). The van der Waals surface area contributed by atoms with E-state index < -0.39 is 5.97 Å². The van der Waals surface area contributed by atoms with Gasteiger partial charge >= 0.3 is 5.97 Å². The van der Waals surface area contributed by atoms with Gasteiger partial charge in [-0.05, 0) is 23.8 Å². The van der Waals surface area contributed by atoms with Crippen molar-refractivity contribution in [1.82, 2.24) is 39.7 Å². The Labute approximate surface area is 201 Å². The largest absolute Gasteiger partial charge is 0.480 e. The molecule has 0 aliphatic carbocycles. The molecule has 3 aromatic heterocycles. The summed E-state index contributed by atoms with van der Waals surface area (Å²) < 4.78 is 3.73. The number of H-pyrrole nitrogens is 1. The average Bonchev–Trinajstić information content (AvgIpc) is 3.61. The smallest absolute Gasteiger partial charge is 0.323 e. The highest BCUT2D eigenvalue weighted by atomic mass is 16.4. The second-order valence-electron chi connectivity index (χ2n) is 8.38. The number of hydrogen-bond acceptors (Lipinski definition) is 6. The minimum Gasteiger partial charge on any atom is -0.480 e. The Kier molecular flexibility index (Phi) is 6.34. The van der Waals surface area contributed by atoms with Gasteiger partial charge in [0.15, 0.2) is 5.82 Å². The van der Waals surface area contributed by atoms with Crippen LogP contribution in [0.15, 0.2) is 54.9 Å². The first-order valence-electron chi connectivity index (χ1n) is 11.7. The molecule has 2 N–H and O–H groups in total. The van der Waals surface area contributed by atoms with Crippen molar-refractivity contribution in [2.45, 2.75) is 45.6 Å². The van der Waals surface area contributed by atoms with Gasteiger partial charge in [0.2, 0.25) is 5.82 Å². The normalized spacial score (nSPS) is 11.3. The lowest BCUT2D eigenvalue weighted by Crippen LogP contribution is -2.14. The van der Waals surface area contributed by atoms with Crippen molar-refractivity contribution in [1.29, 1.82) is 0 Å². The number of aromatic amines is 1. The second-order valence-corrected chi connectivity index (χ2v) is 8.38. The number of aromatic nitrogens is 8. The van der Waals surface area contributed by atoms with Crippen LogP contribution in [0, 0.1) is 0 Å². The molecule has 0 fully saturated rings. The molecule has 2 aromatic carbocycles. The number of fused-ring (bicyclic) bond motifs is 1. The number of aliphatic carboxylic acids is 1. The van der Waals surface area contributed by atoms with E-state index >= 15 is 0 Å². The number of benzene rings is 2. The van der Waals surface area contributed by atoms with Crippen LogP contribution in [0.4, 0.5) is 0 Å². The molecule has 178 valence electrons. The van der Waals surface area contributed by atoms with Crippen molar-refractivity contribution in [3.63, 3.8) is 0 Å². The van der Waals surface area contributed by atoms with Crippen molar-refractivity contribution in [3.05, 3.63) is 60.7 Å². The van der Waals surface area contributed by atoms with Gasteiger partial charge in [-0.15, -0.1) is 10.2 Å². The monoisotopic (exact) mass is 470 g/mol. The fourth-order valence-corrected chi connectivity index (χ4v) is 4.41. The average molecular weight is 471 g/mol. The molecule has 0 amide bonds. The van der Waals surface area contributed by atoms with Crippen LogP contribution >= 0.6 is 0 Å². The molecule has 0 radical (unpaired) electrons. The van der Waals surface area contributed by atoms with Crippen LogP contribution < -0.4 is 0 Å².